The number of benzene rings is 1. The molecular weight excluding hydrogens is 385 g/mol. The Bertz CT molecular complexity index is 967. The maximum atomic E-state index is 14.0. The predicted molar refractivity (Wildman–Crippen MR) is 102 cm³/mol. The summed E-state index contributed by atoms with van der Waals surface area (Å²) in [6, 6.07) is 8.28. The Morgan fingerprint density at radius 3 is 3.00 bits per heavy atom. The van der Waals surface area contributed by atoms with Gasteiger partial charge in [-0.1, -0.05) is 17.7 Å². The first-order valence-corrected chi connectivity index (χ1v) is 9.28. The fourth-order valence-corrected chi connectivity index (χ4v) is 3.20. The quantitative estimate of drug-likeness (QED) is 0.696. The number of aromatic amines is 1. The first-order valence-electron chi connectivity index (χ1n) is 8.90. The number of halogens is 2. The molecule has 2 unspecified atom stereocenters. The second-order valence-corrected chi connectivity index (χ2v) is 6.83. The third kappa shape index (κ3) is 3.99. The minimum Gasteiger partial charge on any atom is -0.469 e. The first kappa shape index (κ1) is 18.8. The Labute approximate surface area is 166 Å². The summed E-state index contributed by atoms with van der Waals surface area (Å²) >= 11 is 5.82. The summed E-state index contributed by atoms with van der Waals surface area (Å²) in [6.07, 6.45) is 0.725. The molecule has 0 amide bonds. The van der Waals surface area contributed by atoms with Gasteiger partial charge in [-0.05, 0) is 36.8 Å². The number of hydrogen-bond donors (Lipinski definition) is 2. The maximum Gasteiger partial charge on any atom is 0.225 e. The van der Waals surface area contributed by atoms with Gasteiger partial charge in [-0.15, -0.1) is 0 Å². The summed E-state index contributed by atoms with van der Waals surface area (Å²) in [6.45, 7) is 3.48. The van der Waals surface area contributed by atoms with E-state index in [0.29, 0.717) is 48.4 Å². The van der Waals surface area contributed by atoms with Crippen molar-refractivity contribution >= 4 is 11.6 Å². The summed E-state index contributed by atoms with van der Waals surface area (Å²) in [5, 5.41) is 10.3. The molecule has 1 aliphatic rings. The zero-order valence-corrected chi connectivity index (χ0v) is 15.9. The van der Waals surface area contributed by atoms with Crippen LogP contribution < -0.4 is 10.1 Å². The van der Waals surface area contributed by atoms with Gasteiger partial charge in [0.15, 0.2) is 5.82 Å². The first-order chi connectivity index (χ1) is 13.6. The van der Waals surface area contributed by atoms with Crippen LogP contribution in [0.2, 0.25) is 5.02 Å². The molecule has 3 aromatic rings. The Balaban J connectivity index is 1.66. The molecule has 2 atom stereocenters. The van der Waals surface area contributed by atoms with Crippen molar-refractivity contribution in [2.45, 2.75) is 19.1 Å². The number of pyridine rings is 1. The van der Waals surface area contributed by atoms with E-state index in [2.05, 4.69) is 25.5 Å². The van der Waals surface area contributed by atoms with Gasteiger partial charge >= 0.3 is 0 Å². The lowest BCUT2D eigenvalue weighted by molar-refractivity contribution is -0.00995. The molecule has 7 nitrogen and oxygen atoms in total. The Morgan fingerprint density at radius 2 is 2.21 bits per heavy atom. The van der Waals surface area contributed by atoms with Crippen LogP contribution in [-0.4, -0.2) is 46.0 Å². The molecular formula is C19H19ClFN5O2. The van der Waals surface area contributed by atoms with E-state index in [-0.39, 0.29) is 5.02 Å². The second-order valence-electron chi connectivity index (χ2n) is 6.43. The zero-order valence-electron chi connectivity index (χ0n) is 15.2. The molecule has 1 aromatic carbocycles. The molecule has 146 valence electrons. The summed E-state index contributed by atoms with van der Waals surface area (Å²) in [5.74, 6) is 1.09. The summed E-state index contributed by atoms with van der Waals surface area (Å²) in [4.78, 5) is 8.71. The standard InChI is InChI=1S/C19H19ClFN5O2/c1-11-24-18(26-25-11)13-3-2-6-23-19(13)28-16-10-22-7-8-27-17(16)12-4-5-14(20)15(21)9-12/h2-6,9,16-17,22H,7-8,10H2,1H3,(H,24,25,26). The van der Waals surface area contributed by atoms with E-state index in [4.69, 9.17) is 21.1 Å². The fraction of sp³-hybridized carbons (Fsp3) is 0.316. The Morgan fingerprint density at radius 1 is 1.32 bits per heavy atom. The molecule has 0 saturated carbocycles. The second kappa shape index (κ2) is 8.22. The highest BCUT2D eigenvalue weighted by Crippen LogP contribution is 2.31. The number of aromatic nitrogens is 4. The zero-order chi connectivity index (χ0) is 19.5. The van der Waals surface area contributed by atoms with E-state index in [1.165, 1.54) is 12.1 Å². The molecule has 28 heavy (non-hydrogen) atoms. The molecule has 2 aromatic heterocycles. The van der Waals surface area contributed by atoms with E-state index in [0.717, 1.165) is 0 Å². The van der Waals surface area contributed by atoms with E-state index in [9.17, 15) is 4.39 Å². The average molecular weight is 404 g/mol. The van der Waals surface area contributed by atoms with Crippen LogP contribution in [-0.2, 0) is 4.74 Å². The number of hydrogen-bond acceptors (Lipinski definition) is 6. The number of H-pyrrole nitrogens is 1. The lowest BCUT2D eigenvalue weighted by Gasteiger charge is -2.26. The number of rotatable bonds is 4. The van der Waals surface area contributed by atoms with Crippen molar-refractivity contribution in [2.75, 3.05) is 19.7 Å². The van der Waals surface area contributed by atoms with E-state index < -0.39 is 18.0 Å². The largest absolute Gasteiger partial charge is 0.469 e. The monoisotopic (exact) mass is 403 g/mol. The molecule has 9 heteroatoms. The molecule has 0 aliphatic carbocycles. The lowest BCUT2D eigenvalue weighted by atomic mass is 10.0. The van der Waals surface area contributed by atoms with Crippen LogP contribution in [0.5, 0.6) is 5.88 Å². The lowest BCUT2D eigenvalue weighted by Crippen LogP contribution is -2.34. The maximum absolute atomic E-state index is 14.0. The van der Waals surface area contributed by atoms with Gasteiger partial charge in [-0.25, -0.2) is 14.4 Å². The number of aryl methyl sites for hydroxylation is 1. The molecule has 1 fully saturated rings. The third-order valence-electron chi connectivity index (χ3n) is 4.40. The number of ether oxygens (including phenoxy) is 2. The number of nitrogens with zero attached hydrogens (tertiary/aromatic N) is 3. The summed E-state index contributed by atoms with van der Waals surface area (Å²) < 4.78 is 26.2. The van der Waals surface area contributed by atoms with Crippen LogP contribution >= 0.6 is 11.6 Å². The highest BCUT2D eigenvalue weighted by Gasteiger charge is 2.30. The van der Waals surface area contributed by atoms with Crippen molar-refractivity contribution in [3.05, 3.63) is 58.8 Å². The highest BCUT2D eigenvalue weighted by molar-refractivity contribution is 6.30. The minimum absolute atomic E-state index is 0.0694. The van der Waals surface area contributed by atoms with Crippen molar-refractivity contribution < 1.29 is 13.9 Å². The molecule has 0 radical (unpaired) electrons. The summed E-state index contributed by atoms with van der Waals surface area (Å²) in [5.41, 5.74) is 1.32. The average Bonchev–Trinajstić information content (AvgIpc) is 2.99. The molecule has 1 aliphatic heterocycles. The normalized spacial score (nSPS) is 20.0. The van der Waals surface area contributed by atoms with Crippen molar-refractivity contribution in [3.8, 4) is 17.3 Å². The van der Waals surface area contributed by atoms with E-state index in [1.54, 1.807) is 18.3 Å². The smallest absolute Gasteiger partial charge is 0.225 e. The van der Waals surface area contributed by atoms with E-state index in [1.807, 2.05) is 13.0 Å². The molecule has 3 heterocycles. The minimum atomic E-state index is -0.492. The van der Waals surface area contributed by atoms with Crippen LogP contribution in [0.25, 0.3) is 11.4 Å². The molecule has 4 rings (SSSR count). The van der Waals surface area contributed by atoms with Gasteiger partial charge < -0.3 is 14.8 Å². The van der Waals surface area contributed by atoms with Crippen LogP contribution in [0.3, 0.4) is 0 Å². The van der Waals surface area contributed by atoms with Crippen LogP contribution in [0, 0.1) is 12.7 Å². The van der Waals surface area contributed by atoms with Gasteiger partial charge in [-0.3, -0.25) is 5.10 Å². The van der Waals surface area contributed by atoms with Crippen LogP contribution in [0.15, 0.2) is 36.5 Å². The SMILES string of the molecule is Cc1nc(-c2cccnc2OC2CNCCOC2c2ccc(Cl)c(F)c2)n[nH]1. The van der Waals surface area contributed by atoms with Crippen molar-refractivity contribution in [1.82, 2.24) is 25.5 Å². The van der Waals surface area contributed by atoms with Crippen LogP contribution in [0.1, 0.15) is 17.5 Å². The van der Waals surface area contributed by atoms with Gasteiger partial charge in [0.2, 0.25) is 5.88 Å². The van der Waals surface area contributed by atoms with Gasteiger partial charge in [0, 0.05) is 19.3 Å². The molecule has 1 saturated heterocycles. The number of nitrogens with one attached hydrogen (secondary N) is 2. The third-order valence-corrected chi connectivity index (χ3v) is 4.71. The van der Waals surface area contributed by atoms with Gasteiger partial charge in [0.1, 0.15) is 23.8 Å². The summed E-state index contributed by atoms with van der Waals surface area (Å²) in [7, 11) is 0. The van der Waals surface area contributed by atoms with Crippen molar-refractivity contribution in [1.29, 1.82) is 0 Å². The fourth-order valence-electron chi connectivity index (χ4n) is 3.08. The van der Waals surface area contributed by atoms with Gasteiger partial charge in [0.05, 0.1) is 17.2 Å². The molecule has 0 bridgehead atoms. The van der Waals surface area contributed by atoms with E-state index >= 15 is 0 Å². The van der Waals surface area contributed by atoms with Crippen LogP contribution in [0.4, 0.5) is 4.39 Å². The molecule has 2 N–H and O–H groups in total. The Hall–Kier alpha value is -2.55. The topological polar surface area (TPSA) is 85.0 Å². The Kier molecular flexibility index (Phi) is 5.52. The van der Waals surface area contributed by atoms with Crippen molar-refractivity contribution in [2.24, 2.45) is 0 Å². The van der Waals surface area contributed by atoms with Crippen molar-refractivity contribution in [3.63, 3.8) is 0 Å². The van der Waals surface area contributed by atoms with Gasteiger partial charge in [0.25, 0.3) is 0 Å². The predicted octanol–water partition coefficient (Wildman–Crippen LogP) is 3.08. The highest BCUT2D eigenvalue weighted by atomic mass is 35.5. The van der Waals surface area contributed by atoms with Gasteiger partial charge in [-0.2, -0.15) is 5.10 Å². The molecule has 0 spiro atoms.